The van der Waals surface area contributed by atoms with Gasteiger partial charge in [-0.25, -0.2) is 27.5 Å². The molecule has 0 radical (unpaired) electrons. The van der Waals surface area contributed by atoms with E-state index >= 15 is 0 Å². The zero-order valence-corrected chi connectivity index (χ0v) is 16.3. The Morgan fingerprint density at radius 2 is 1.85 bits per heavy atom. The Kier molecular flexibility index (Phi) is 5.39. The van der Waals surface area contributed by atoms with Gasteiger partial charge < -0.3 is 19.6 Å². The summed E-state index contributed by atoms with van der Waals surface area (Å²) in [5.74, 6) is -4.12. The van der Waals surface area contributed by atoms with Crippen molar-refractivity contribution in [2.75, 3.05) is 18.0 Å². The molecular weight excluding hydrogens is 456 g/mol. The van der Waals surface area contributed by atoms with Crippen LogP contribution in [0.15, 0.2) is 43.7 Å². The molecule has 1 aliphatic heterocycles. The lowest BCUT2D eigenvalue weighted by molar-refractivity contribution is -0.0599. The van der Waals surface area contributed by atoms with Gasteiger partial charge in [0.15, 0.2) is 11.9 Å². The van der Waals surface area contributed by atoms with E-state index in [1.807, 2.05) is 4.98 Å². The Labute approximate surface area is 179 Å². The number of rotatable bonds is 5. The quantitative estimate of drug-likeness (QED) is 0.392. The zero-order valence-electron chi connectivity index (χ0n) is 16.3. The molecule has 4 N–H and O–H groups in total. The van der Waals surface area contributed by atoms with Gasteiger partial charge in [-0.3, -0.25) is 19.4 Å². The van der Waals surface area contributed by atoms with Crippen LogP contribution < -0.4 is 31.9 Å². The van der Waals surface area contributed by atoms with Crippen LogP contribution in [0.2, 0.25) is 0 Å². The second-order valence-corrected chi connectivity index (χ2v) is 7.12. The predicted molar refractivity (Wildman–Crippen MR) is 105 cm³/mol. The van der Waals surface area contributed by atoms with E-state index in [0.29, 0.717) is 6.07 Å². The molecule has 33 heavy (non-hydrogen) atoms. The molecule has 0 bridgehead atoms. The van der Waals surface area contributed by atoms with Crippen molar-refractivity contribution in [3.63, 3.8) is 0 Å². The Morgan fingerprint density at radius 1 is 1.09 bits per heavy atom. The highest BCUT2D eigenvalue weighted by atomic mass is 19.3. The van der Waals surface area contributed by atoms with E-state index in [1.165, 1.54) is 0 Å². The van der Waals surface area contributed by atoms with Crippen LogP contribution in [0.4, 0.5) is 23.2 Å². The molecule has 1 fully saturated rings. The third-order valence-corrected chi connectivity index (χ3v) is 4.88. The van der Waals surface area contributed by atoms with Gasteiger partial charge in [0.25, 0.3) is 17.5 Å². The highest BCUT2D eigenvalue weighted by molar-refractivity contribution is 5.62. The van der Waals surface area contributed by atoms with Crippen LogP contribution >= 0.6 is 0 Å². The molecule has 15 heteroatoms. The van der Waals surface area contributed by atoms with Crippen molar-refractivity contribution in [1.29, 1.82) is 0 Å². The molecule has 4 rings (SSSR count). The lowest BCUT2D eigenvalue weighted by Crippen LogP contribution is -2.37. The molecular formula is C18H14F4N6O5. The summed E-state index contributed by atoms with van der Waals surface area (Å²) in [6.45, 7) is -1.52. The van der Waals surface area contributed by atoms with Gasteiger partial charge in [0, 0.05) is 18.5 Å². The number of aromatic nitrogens is 5. The van der Waals surface area contributed by atoms with E-state index < -0.39 is 65.2 Å². The minimum Gasteiger partial charge on any atom is -0.477 e. The fourth-order valence-corrected chi connectivity index (χ4v) is 3.28. The smallest absolute Gasteiger partial charge is 0.325 e. The van der Waals surface area contributed by atoms with Crippen LogP contribution in [0.25, 0.3) is 11.3 Å². The van der Waals surface area contributed by atoms with Gasteiger partial charge >= 0.3 is 11.6 Å². The first-order valence-corrected chi connectivity index (χ1v) is 9.27. The van der Waals surface area contributed by atoms with Crippen molar-refractivity contribution >= 4 is 5.69 Å². The number of nitrogens with zero attached hydrogens (tertiary/aromatic N) is 2. The van der Waals surface area contributed by atoms with Gasteiger partial charge in [-0.2, -0.15) is 5.10 Å². The second kappa shape index (κ2) is 8.07. The first-order chi connectivity index (χ1) is 15.5. The number of pyridine rings is 1. The molecule has 3 aromatic rings. The largest absolute Gasteiger partial charge is 0.477 e. The topological polar surface area (TPSA) is 157 Å². The Bertz CT molecular complexity index is 1430. The Balaban J connectivity index is 1.63. The molecule has 1 aliphatic rings. The number of hydrogen-bond acceptors (Lipinski definition) is 7. The van der Waals surface area contributed by atoms with Crippen molar-refractivity contribution < 1.29 is 22.3 Å². The summed E-state index contributed by atoms with van der Waals surface area (Å²) in [6, 6.07) is 1.64. The summed E-state index contributed by atoms with van der Waals surface area (Å²) in [7, 11) is 0. The lowest BCUT2D eigenvalue weighted by Gasteiger charge is -2.18. The number of halogens is 4. The van der Waals surface area contributed by atoms with Gasteiger partial charge in [-0.15, -0.1) is 0 Å². The average molecular weight is 470 g/mol. The number of aromatic amines is 4. The molecule has 0 spiro atoms. The van der Waals surface area contributed by atoms with E-state index in [0.717, 1.165) is 23.4 Å². The third-order valence-electron chi connectivity index (χ3n) is 4.88. The predicted octanol–water partition coefficient (Wildman–Crippen LogP) is 0.342. The number of alkyl halides is 4. The number of nitrogens with one attached hydrogen (secondary N) is 4. The first-order valence-electron chi connectivity index (χ1n) is 9.27. The lowest BCUT2D eigenvalue weighted by atomic mass is 10.2. The summed E-state index contributed by atoms with van der Waals surface area (Å²) in [5.41, 5.74) is -4.63. The van der Waals surface area contributed by atoms with Crippen molar-refractivity contribution in [2.24, 2.45) is 0 Å². The molecule has 0 saturated carbocycles. The van der Waals surface area contributed by atoms with Crippen LogP contribution in [0.3, 0.4) is 0 Å². The van der Waals surface area contributed by atoms with Crippen molar-refractivity contribution in [2.45, 2.75) is 18.5 Å². The number of ether oxygens (including phenoxy) is 1. The van der Waals surface area contributed by atoms with Gasteiger partial charge in [0.2, 0.25) is 5.43 Å². The minimum absolute atomic E-state index is 0.103. The molecule has 0 amide bonds. The van der Waals surface area contributed by atoms with Crippen LogP contribution in [0.1, 0.15) is 12.1 Å². The Hall–Kier alpha value is -4.17. The highest BCUT2D eigenvalue weighted by Gasteiger charge is 2.51. The van der Waals surface area contributed by atoms with Crippen LogP contribution in [0, 0.1) is 0 Å². The maximum atomic E-state index is 14.6. The van der Waals surface area contributed by atoms with E-state index in [-0.39, 0.29) is 16.9 Å². The molecule has 4 heterocycles. The molecule has 1 saturated heterocycles. The molecule has 11 nitrogen and oxygen atoms in total. The van der Waals surface area contributed by atoms with Crippen LogP contribution in [-0.4, -0.2) is 50.3 Å². The van der Waals surface area contributed by atoms with Gasteiger partial charge in [-0.1, -0.05) is 0 Å². The summed E-state index contributed by atoms with van der Waals surface area (Å²) >= 11 is 0. The summed E-state index contributed by atoms with van der Waals surface area (Å²) < 4.78 is 59.7. The number of hydrogen-bond donors (Lipinski definition) is 4. The van der Waals surface area contributed by atoms with Gasteiger partial charge in [-0.05, 0) is 6.07 Å². The molecule has 3 aromatic heterocycles. The van der Waals surface area contributed by atoms with Crippen LogP contribution in [-0.2, 0) is 0 Å². The molecule has 1 atom stereocenters. The molecule has 0 aliphatic carbocycles. The summed E-state index contributed by atoms with van der Waals surface area (Å²) in [4.78, 5) is 54.6. The van der Waals surface area contributed by atoms with Gasteiger partial charge in [0.05, 0.1) is 30.0 Å². The fraction of sp³-hybridized carbons (Fsp3) is 0.278. The number of anilines is 1. The van der Waals surface area contributed by atoms with E-state index in [9.17, 15) is 36.7 Å². The maximum absolute atomic E-state index is 14.6. The molecule has 174 valence electrons. The standard InChI is InChI=1S/C18H14F4N6O5/c19-14(20)9-2-11(29)12(4-23-9)33-13-5-28(6-18(13,21)22)10-1-8(26-27-16(10)31)7-3-24-17(32)25-15(7)30/h1-4,13-14H,5-6H2,(H,23,29)(H,27,31)(H2,24,25,30,32). The summed E-state index contributed by atoms with van der Waals surface area (Å²) in [6.07, 6.45) is -3.03. The van der Waals surface area contributed by atoms with Crippen LogP contribution in [0.5, 0.6) is 5.75 Å². The minimum atomic E-state index is -3.53. The first kappa shape index (κ1) is 22.0. The monoisotopic (exact) mass is 470 g/mol. The van der Waals surface area contributed by atoms with E-state index in [1.54, 1.807) is 0 Å². The third kappa shape index (κ3) is 4.28. The fourth-order valence-electron chi connectivity index (χ4n) is 3.28. The summed E-state index contributed by atoms with van der Waals surface area (Å²) in [5, 5.41) is 5.80. The maximum Gasteiger partial charge on any atom is 0.325 e. The van der Waals surface area contributed by atoms with E-state index in [2.05, 4.69) is 20.2 Å². The second-order valence-electron chi connectivity index (χ2n) is 7.12. The number of H-pyrrole nitrogens is 4. The van der Waals surface area contributed by atoms with E-state index in [4.69, 9.17) is 4.74 Å². The van der Waals surface area contributed by atoms with Crippen molar-refractivity contribution in [3.8, 4) is 17.0 Å². The normalized spacial score (nSPS) is 17.5. The zero-order chi connectivity index (χ0) is 23.9. The average Bonchev–Trinajstić information content (AvgIpc) is 3.04. The van der Waals surface area contributed by atoms with Gasteiger partial charge in [0.1, 0.15) is 5.69 Å². The molecule has 1 unspecified atom stereocenters. The highest BCUT2D eigenvalue weighted by Crippen LogP contribution is 2.33. The molecule has 0 aromatic carbocycles. The Morgan fingerprint density at radius 3 is 2.52 bits per heavy atom. The van der Waals surface area contributed by atoms with Crippen molar-refractivity contribution in [3.05, 3.63) is 71.6 Å². The van der Waals surface area contributed by atoms with Crippen molar-refractivity contribution in [1.82, 2.24) is 25.1 Å². The SMILES string of the molecule is O=c1[nH]cc(-c2cc(N3CC(Oc4c[nH]c(C(F)F)cc4=O)C(F)(F)C3)c(=O)[nH]n2)c(=O)[nH]1.